The van der Waals surface area contributed by atoms with Crippen LogP contribution in [-0.2, 0) is 16.0 Å². The van der Waals surface area contributed by atoms with E-state index in [-0.39, 0.29) is 12.1 Å². The number of hydrogen-bond acceptors (Lipinski definition) is 7. The molecular formula is C23H28N4O5. The molecule has 1 aliphatic rings. The number of ether oxygens (including phenoxy) is 2. The minimum atomic E-state index is -0.401. The van der Waals surface area contributed by atoms with E-state index in [9.17, 15) is 9.59 Å². The van der Waals surface area contributed by atoms with Crippen molar-refractivity contribution in [2.45, 2.75) is 39.3 Å². The lowest BCUT2D eigenvalue weighted by atomic mass is 10.1. The van der Waals surface area contributed by atoms with Gasteiger partial charge >= 0.3 is 12.1 Å². The maximum atomic E-state index is 12.3. The molecule has 0 radical (unpaired) electrons. The van der Waals surface area contributed by atoms with Gasteiger partial charge in [-0.25, -0.2) is 14.6 Å². The number of likely N-dealkylation sites (tertiary alicyclic amines) is 1. The van der Waals surface area contributed by atoms with Crippen molar-refractivity contribution >= 4 is 29.0 Å². The lowest BCUT2D eigenvalue weighted by molar-refractivity contribution is 0.0523. The molecule has 170 valence electrons. The molecule has 4 rings (SSSR count). The molecule has 0 bridgehead atoms. The normalized spacial score (nSPS) is 14.5. The lowest BCUT2D eigenvalue weighted by Gasteiger charge is -2.31. The summed E-state index contributed by atoms with van der Waals surface area (Å²) in [6.07, 6.45) is 2.81. The molecule has 1 fully saturated rings. The van der Waals surface area contributed by atoms with Crippen LogP contribution in [0.5, 0.6) is 0 Å². The van der Waals surface area contributed by atoms with Crippen LogP contribution in [0.15, 0.2) is 41.0 Å². The molecule has 1 amide bonds. The average Bonchev–Trinajstić information content (AvgIpc) is 3.40. The minimum absolute atomic E-state index is 0.164. The third-order valence-electron chi connectivity index (χ3n) is 5.55. The molecule has 0 spiro atoms. The number of amides is 1. The number of nitrogens with zero attached hydrogens (tertiary/aromatic N) is 3. The van der Waals surface area contributed by atoms with Crippen LogP contribution in [0.4, 0.5) is 10.7 Å². The Bertz CT molecular complexity index is 1080. The largest absolute Gasteiger partial charge is 0.467 e. The predicted octanol–water partition coefficient (Wildman–Crippen LogP) is 3.89. The number of fused-ring (bicyclic) bond motifs is 1. The van der Waals surface area contributed by atoms with Gasteiger partial charge in [-0.2, -0.15) is 0 Å². The van der Waals surface area contributed by atoms with E-state index in [1.807, 2.05) is 35.8 Å². The van der Waals surface area contributed by atoms with Crippen molar-refractivity contribution in [3.8, 4) is 0 Å². The Hall–Kier alpha value is -3.49. The second-order valence-electron chi connectivity index (χ2n) is 7.59. The molecule has 0 unspecified atom stereocenters. The molecule has 32 heavy (non-hydrogen) atoms. The number of carbonyl (C=O) groups is 2. The summed E-state index contributed by atoms with van der Waals surface area (Å²) in [7, 11) is 0. The number of imidazole rings is 1. The van der Waals surface area contributed by atoms with Crippen molar-refractivity contribution in [1.29, 1.82) is 0 Å². The van der Waals surface area contributed by atoms with E-state index in [4.69, 9.17) is 18.9 Å². The Morgan fingerprint density at radius 2 is 1.88 bits per heavy atom. The zero-order chi connectivity index (χ0) is 22.5. The summed E-state index contributed by atoms with van der Waals surface area (Å²) < 4.78 is 17.9. The van der Waals surface area contributed by atoms with Crippen LogP contribution in [0.2, 0.25) is 0 Å². The quantitative estimate of drug-likeness (QED) is 0.557. The summed E-state index contributed by atoms with van der Waals surface area (Å²) >= 11 is 0. The first-order valence-corrected chi connectivity index (χ1v) is 11.0. The van der Waals surface area contributed by atoms with Crippen LogP contribution in [0, 0.1) is 0 Å². The van der Waals surface area contributed by atoms with Crippen LogP contribution in [0.1, 0.15) is 42.8 Å². The highest BCUT2D eigenvalue weighted by Gasteiger charge is 2.25. The van der Waals surface area contributed by atoms with Crippen LogP contribution < -0.4 is 5.32 Å². The van der Waals surface area contributed by atoms with Crippen LogP contribution in [0.25, 0.3) is 11.0 Å². The van der Waals surface area contributed by atoms with Gasteiger partial charge in [-0.3, -0.25) is 0 Å². The average molecular weight is 441 g/mol. The fraction of sp³-hybridized carbons (Fsp3) is 0.435. The van der Waals surface area contributed by atoms with Gasteiger partial charge in [-0.15, -0.1) is 0 Å². The predicted molar refractivity (Wildman–Crippen MR) is 119 cm³/mol. The molecule has 0 aliphatic carbocycles. The number of furan rings is 1. The van der Waals surface area contributed by atoms with Crippen molar-refractivity contribution < 1.29 is 23.5 Å². The molecule has 9 nitrogen and oxygen atoms in total. The number of hydrogen-bond donors (Lipinski definition) is 1. The minimum Gasteiger partial charge on any atom is -0.467 e. The van der Waals surface area contributed by atoms with Gasteiger partial charge < -0.3 is 28.7 Å². The van der Waals surface area contributed by atoms with Gasteiger partial charge in [0.05, 0.1) is 37.1 Å². The smallest absolute Gasteiger partial charge is 0.409 e. The van der Waals surface area contributed by atoms with Crippen LogP contribution in [0.3, 0.4) is 0 Å². The lowest BCUT2D eigenvalue weighted by Crippen LogP contribution is -2.42. The van der Waals surface area contributed by atoms with E-state index in [2.05, 4.69) is 5.32 Å². The second-order valence-corrected chi connectivity index (χ2v) is 7.59. The SMILES string of the molecule is CCOC(=O)c1ccoc1Cn1c(NC2CCN(C(=O)OCC)CC2)nc2ccccc21. The standard InChI is InChI=1S/C23H28N4O5/c1-3-30-21(28)17-11-14-32-20(17)15-27-19-8-6-5-7-18(19)25-22(27)24-16-9-12-26(13-10-16)23(29)31-4-2/h5-8,11,14,16H,3-4,9-10,12-13,15H2,1-2H3,(H,24,25). The van der Waals surface area contributed by atoms with Gasteiger partial charge in [0, 0.05) is 19.1 Å². The number of benzene rings is 1. The maximum Gasteiger partial charge on any atom is 0.409 e. The fourth-order valence-electron chi connectivity index (χ4n) is 3.95. The first kappa shape index (κ1) is 21.7. The van der Waals surface area contributed by atoms with Gasteiger partial charge in [0.2, 0.25) is 5.95 Å². The Morgan fingerprint density at radius 3 is 2.62 bits per heavy atom. The highest BCUT2D eigenvalue weighted by molar-refractivity contribution is 5.90. The van der Waals surface area contributed by atoms with E-state index in [0.29, 0.717) is 50.1 Å². The molecule has 1 aliphatic heterocycles. The van der Waals surface area contributed by atoms with Crippen molar-refractivity contribution in [3.05, 3.63) is 47.9 Å². The van der Waals surface area contributed by atoms with Crippen molar-refractivity contribution in [3.63, 3.8) is 0 Å². The van der Waals surface area contributed by atoms with Gasteiger partial charge in [-0.05, 0) is 44.9 Å². The zero-order valence-corrected chi connectivity index (χ0v) is 18.4. The number of esters is 1. The number of nitrogens with one attached hydrogen (secondary N) is 1. The first-order chi connectivity index (χ1) is 15.6. The molecule has 0 saturated carbocycles. The number of rotatable bonds is 7. The van der Waals surface area contributed by atoms with Gasteiger partial charge in [-0.1, -0.05) is 12.1 Å². The Kier molecular flexibility index (Phi) is 6.63. The summed E-state index contributed by atoms with van der Waals surface area (Å²) in [5.74, 6) is 0.820. The van der Waals surface area contributed by atoms with Crippen LogP contribution >= 0.6 is 0 Å². The summed E-state index contributed by atoms with van der Waals surface area (Å²) in [5.41, 5.74) is 2.20. The summed E-state index contributed by atoms with van der Waals surface area (Å²) in [6, 6.07) is 9.63. The fourth-order valence-corrected chi connectivity index (χ4v) is 3.95. The number of aromatic nitrogens is 2. The number of piperidine rings is 1. The van der Waals surface area contributed by atoms with E-state index < -0.39 is 5.97 Å². The molecule has 2 aromatic heterocycles. The molecule has 0 atom stereocenters. The molecular weight excluding hydrogens is 412 g/mol. The first-order valence-electron chi connectivity index (χ1n) is 11.0. The Labute approximate surface area is 186 Å². The zero-order valence-electron chi connectivity index (χ0n) is 18.4. The van der Waals surface area contributed by atoms with E-state index in [0.717, 1.165) is 23.9 Å². The molecule has 3 heterocycles. The third-order valence-corrected chi connectivity index (χ3v) is 5.55. The molecule has 3 aromatic rings. The van der Waals surface area contributed by atoms with Crippen LogP contribution in [-0.4, -0.2) is 58.9 Å². The summed E-state index contributed by atoms with van der Waals surface area (Å²) in [6.45, 7) is 5.85. The highest BCUT2D eigenvalue weighted by atomic mass is 16.6. The van der Waals surface area contributed by atoms with Gasteiger partial charge in [0.15, 0.2) is 0 Å². The van der Waals surface area contributed by atoms with Crippen molar-refractivity contribution in [2.75, 3.05) is 31.6 Å². The molecule has 1 aromatic carbocycles. The van der Waals surface area contributed by atoms with E-state index in [1.165, 1.54) is 6.26 Å². The molecule has 1 N–H and O–H groups in total. The van der Waals surface area contributed by atoms with E-state index in [1.54, 1.807) is 17.9 Å². The Morgan fingerprint density at radius 1 is 1.12 bits per heavy atom. The summed E-state index contributed by atoms with van der Waals surface area (Å²) in [5, 5.41) is 3.53. The van der Waals surface area contributed by atoms with Crippen molar-refractivity contribution in [2.24, 2.45) is 0 Å². The highest BCUT2D eigenvalue weighted by Crippen LogP contribution is 2.25. The summed E-state index contributed by atoms with van der Waals surface area (Å²) in [4.78, 5) is 30.8. The molecule has 1 saturated heterocycles. The third kappa shape index (κ3) is 4.56. The number of carbonyl (C=O) groups excluding carboxylic acids is 2. The monoisotopic (exact) mass is 440 g/mol. The number of para-hydroxylation sites is 2. The van der Waals surface area contributed by atoms with E-state index >= 15 is 0 Å². The topological polar surface area (TPSA) is 98.8 Å². The Balaban J connectivity index is 1.54. The maximum absolute atomic E-state index is 12.3. The number of anilines is 1. The second kappa shape index (κ2) is 9.76. The van der Waals surface area contributed by atoms with Crippen molar-refractivity contribution in [1.82, 2.24) is 14.5 Å². The van der Waals surface area contributed by atoms with Gasteiger partial charge in [0.1, 0.15) is 11.3 Å². The molecule has 9 heteroatoms. The van der Waals surface area contributed by atoms with Gasteiger partial charge in [0.25, 0.3) is 0 Å².